The lowest BCUT2D eigenvalue weighted by Gasteiger charge is -2.32. The van der Waals surface area contributed by atoms with Gasteiger partial charge in [-0.25, -0.2) is 4.98 Å². The monoisotopic (exact) mass is 397 g/mol. The molecule has 148 valence electrons. The average Bonchev–Trinajstić information content (AvgIpc) is 3.33. The van der Waals surface area contributed by atoms with E-state index in [9.17, 15) is 9.59 Å². The van der Waals surface area contributed by atoms with Crippen molar-refractivity contribution in [3.63, 3.8) is 0 Å². The van der Waals surface area contributed by atoms with Gasteiger partial charge in [0.1, 0.15) is 0 Å². The summed E-state index contributed by atoms with van der Waals surface area (Å²) in [5, 5.41) is 3.29. The first-order valence-electron chi connectivity index (χ1n) is 10.2. The quantitative estimate of drug-likeness (QED) is 0.789. The summed E-state index contributed by atoms with van der Waals surface area (Å²) in [6.07, 6.45) is 3.12. The van der Waals surface area contributed by atoms with Crippen LogP contribution < -0.4 is 4.90 Å². The van der Waals surface area contributed by atoms with Gasteiger partial charge < -0.3 is 9.80 Å². The van der Waals surface area contributed by atoms with E-state index in [2.05, 4.69) is 23.4 Å². The largest absolute Gasteiger partial charge is 0.342 e. The molecule has 2 aliphatic heterocycles. The SMILES string of the molecule is CCc1ccccc1N1CC(C(=O)N2CCC(c3nc(C)cs3)CC2)CC1=O. The number of hydrogen-bond acceptors (Lipinski definition) is 4. The Balaban J connectivity index is 1.39. The van der Waals surface area contributed by atoms with Gasteiger partial charge in [-0.2, -0.15) is 0 Å². The van der Waals surface area contributed by atoms with Crippen LogP contribution in [0.5, 0.6) is 0 Å². The summed E-state index contributed by atoms with van der Waals surface area (Å²) in [5.74, 6) is 0.433. The number of likely N-dealkylation sites (tertiary alicyclic amines) is 1. The van der Waals surface area contributed by atoms with Crippen LogP contribution in [0.3, 0.4) is 0 Å². The Morgan fingerprint density at radius 1 is 1.25 bits per heavy atom. The van der Waals surface area contributed by atoms with Gasteiger partial charge in [-0.15, -0.1) is 11.3 Å². The molecule has 0 bridgehead atoms. The molecule has 0 spiro atoms. The van der Waals surface area contributed by atoms with Gasteiger partial charge in [0.25, 0.3) is 0 Å². The maximum absolute atomic E-state index is 13.1. The van der Waals surface area contributed by atoms with Gasteiger partial charge in [-0.3, -0.25) is 9.59 Å². The van der Waals surface area contributed by atoms with Gasteiger partial charge >= 0.3 is 0 Å². The van der Waals surface area contributed by atoms with Gasteiger partial charge in [0.15, 0.2) is 0 Å². The molecule has 1 unspecified atom stereocenters. The third-order valence-corrected chi connectivity index (χ3v) is 7.06. The third kappa shape index (κ3) is 3.70. The number of thiazole rings is 1. The maximum Gasteiger partial charge on any atom is 0.228 e. The Morgan fingerprint density at radius 2 is 2.00 bits per heavy atom. The second-order valence-corrected chi connectivity index (χ2v) is 8.70. The number of para-hydroxylation sites is 1. The molecule has 5 nitrogen and oxygen atoms in total. The van der Waals surface area contributed by atoms with Gasteiger partial charge in [-0.1, -0.05) is 25.1 Å². The number of piperidine rings is 1. The van der Waals surface area contributed by atoms with Gasteiger partial charge in [0.05, 0.1) is 10.9 Å². The van der Waals surface area contributed by atoms with Crippen LogP contribution in [-0.2, 0) is 16.0 Å². The minimum Gasteiger partial charge on any atom is -0.342 e. The molecule has 3 heterocycles. The number of rotatable bonds is 4. The molecule has 28 heavy (non-hydrogen) atoms. The van der Waals surface area contributed by atoms with E-state index in [0.29, 0.717) is 18.9 Å². The molecule has 0 saturated carbocycles. The lowest BCUT2D eigenvalue weighted by Crippen LogP contribution is -2.42. The van der Waals surface area contributed by atoms with Crippen LogP contribution >= 0.6 is 11.3 Å². The highest BCUT2D eigenvalue weighted by atomic mass is 32.1. The van der Waals surface area contributed by atoms with Crippen LogP contribution in [0, 0.1) is 12.8 Å². The summed E-state index contributed by atoms with van der Waals surface area (Å²) in [7, 11) is 0. The van der Waals surface area contributed by atoms with E-state index in [1.54, 1.807) is 11.3 Å². The molecule has 0 aliphatic carbocycles. The second-order valence-electron chi connectivity index (χ2n) is 7.81. The van der Waals surface area contributed by atoms with Crippen molar-refractivity contribution in [1.82, 2.24) is 9.88 Å². The third-order valence-electron chi connectivity index (χ3n) is 5.93. The molecule has 2 amide bonds. The van der Waals surface area contributed by atoms with E-state index in [4.69, 9.17) is 0 Å². The smallest absolute Gasteiger partial charge is 0.228 e. The van der Waals surface area contributed by atoms with Crippen LogP contribution in [0.1, 0.15) is 48.4 Å². The van der Waals surface area contributed by atoms with E-state index in [-0.39, 0.29) is 17.7 Å². The predicted octanol–water partition coefficient (Wildman–Crippen LogP) is 3.77. The minimum atomic E-state index is -0.226. The van der Waals surface area contributed by atoms with Crippen molar-refractivity contribution in [2.45, 2.75) is 45.4 Å². The van der Waals surface area contributed by atoms with Crippen LogP contribution in [-0.4, -0.2) is 41.3 Å². The molecule has 0 radical (unpaired) electrons. The normalized spacial score (nSPS) is 20.8. The molecule has 4 rings (SSSR count). The molecule has 2 aromatic rings. The summed E-state index contributed by atoms with van der Waals surface area (Å²) in [5.41, 5.74) is 3.20. The van der Waals surface area contributed by atoms with Gasteiger partial charge in [0.2, 0.25) is 11.8 Å². The molecular weight excluding hydrogens is 370 g/mol. The van der Waals surface area contributed by atoms with Crippen molar-refractivity contribution in [3.8, 4) is 0 Å². The number of anilines is 1. The molecule has 6 heteroatoms. The highest BCUT2D eigenvalue weighted by Crippen LogP contribution is 2.33. The zero-order chi connectivity index (χ0) is 19.7. The zero-order valence-electron chi connectivity index (χ0n) is 16.6. The molecule has 1 aromatic carbocycles. The number of carbonyl (C=O) groups is 2. The van der Waals surface area contributed by atoms with Crippen molar-refractivity contribution < 1.29 is 9.59 Å². The van der Waals surface area contributed by atoms with Gasteiger partial charge in [0, 0.05) is 48.7 Å². The summed E-state index contributed by atoms with van der Waals surface area (Å²) in [4.78, 5) is 34.1. The molecule has 2 saturated heterocycles. The molecule has 2 aliphatic rings. The number of benzene rings is 1. The lowest BCUT2D eigenvalue weighted by atomic mass is 9.96. The molecular formula is C22H27N3O2S. The van der Waals surface area contributed by atoms with Crippen LogP contribution in [0.25, 0.3) is 0 Å². The minimum absolute atomic E-state index is 0.0624. The number of aryl methyl sites for hydroxylation is 2. The summed E-state index contributed by atoms with van der Waals surface area (Å²) in [6, 6.07) is 8.01. The summed E-state index contributed by atoms with van der Waals surface area (Å²) >= 11 is 1.73. The van der Waals surface area contributed by atoms with Crippen LogP contribution in [0.4, 0.5) is 5.69 Å². The van der Waals surface area contributed by atoms with Crippen molar-refractivity contribution in [2.75, 3.05) is 24.5 Å². The fourth-order valence-electron chi connectivity index (χ4n) is 4.34. The Labute approximate surface area is 170 Å². The first-order valence-corrected chi connectivity index (χ1v) is 11.0. The fraction of sp³-hybridized carbons (Fsp3) is 0.500. The Bertz CT molecular complexity index is 870. The molecule has 2 fully saturated rings. The number of aromatic nitrogens is 1. The topological polar surface area (TPSA) is 53.5 Å². The van der Waals surface area contributed by atoms with Crippen molar-refractivity contribution in [3.05, 3.63) is 45.9 Å². The van der Waals surface area contributed by atoms with E-state index >= 15 is 0 Å². The summed E-state index contributed by atoms with van der Waals surface area (Å²) in [6.45, 7) is 6.14. The number of amides is 2. The first kappa shape index (κ1) is 19.1. The average molecular weight is 398 g/mol. The Hall–Kier alpha value is -2.21. The molecule has 1 atom stereocenters. The standard InChI is InChI=1S/C22H27N3O2S/c1-3-16-6-4-5-7-19(16)25-13-18(12-20(25)26)22(27)24-10-8-17(9-11-24)21-23-15(2)14-28-21/h4-7,14,17-18H,3,8-13H2,1-2H3. The van der Waals surface area contributed by atoms with Crippen molar-refractivity contribution in [2.24, 2.45) is 5.92 Å². The number of carbonyl (C=O) groups excluding carboxylic acids is 2. The zero-order valence-corrected chi connectivity index (χ0v) is 17.4. The predicted molar refractivity (Wildman–Crippen MR) is 112 cm³/mol. The second kappa shape index (κ2) is 8.03. The van der Waals surface area contributed by atoms with Gasteiger partial charge in [-0.05, 0) is 37.8 Å². The molecule has 0 N–H and O–H groups in total. The number of nitrogens with zero attached hydrogens (tertiary/aromatic N) is 3. The van der Waals surface area contributed by atoms with Crippen LogP contribution in [0.2, 0.25) is 0 Å². The lowest BCUT2D eigenvalue weighted by molar-refractivity contribution is -0.136. The highest BCUT2D eigenvalue weighted by molar-refractivity contribution is 7.09. The fourth-order valence-corrected chi connectivity index (χ4v) is 5.31. The highest BCUT2D eigenvalue weighted by Gasteiger charge is 2.38. The van der Waals surface area contributed by atoms with E-state index in [1.807, 2.05) is 34.9 Å². The van der Waals surface area contributed by atoms with E-state index < -0.39 is 0 Å². The first-order chi connectivity index (χ1) is 13.6. The van der Waals surface area contributed by atoms with Crippen molar-refractivity contribution >= 4 is 28.8 Å². The van der Waals surface area contributed by atoms with E-state index in [1.165, 1.54) is 5.01 Å². The van der Waals surface area contributed by atoms with E-state index in [0.717, 1.165) is 49.3 Å². The number of hydrogen-bond donors (Lipinski definition) is 0. The Morgan fingerprint density at radius 3 is 2.68 bits per heavy atom. The molecule has 1 aromatic heterocycles. The van der Waals surface area contributed by atoms with Crippen molar-refractivity contribution in [1.29, 1.82) is 0 Å². The summed E-state index contributed by atoms with van der Waals surface area (Å²) < 4.78 is 0. The maximum atomic E-state index is 13.1. The van der Waals surface area contributed by atoms with Crippen LogP contribution in [0.15, 0.2) is 29.6 Å². The Kier molecular flexibility index (Phi) is 5.49.